The molecule has 2 heterocycles. The molecule has 5 rings (SSSR count). The van der Waals surface area contributed by atoms with Crippen molar-refractivity contribution in [1.82, 2.24) is 4.98 Å². The summed E-state index contributed by atoms with van der Waals surface area (Å²) in [6.07, 6.45) is 1.15. The van der Waals surface area contributed by atoms with Gasteiger partial charge in [-0.2, -0.15) is 25.8 Å². The normalized spacial score (nSPS) is 23.1. The second kappa shape index (κ2) is 12.6. The van der Waals surface area contributed by atoms with Crippen LogP contribution in [0.1, 0.15) is 145 Å². The zero-order valence-corrected chi connectivity index (χ0v) is 26.7. The number of benzene rings is 1. The predicted molar refractivity (Wildman–Crippen MR) is 161 cm³/mol. The van der Waals surface area contributed by atoms with E-state index < -0.39 is 35.7 Å². The smallest absolute Gasteiger partial charge is 0.388 e. The summed E-state index contributed by atoms with van der Waals surface area (Å²) in [4.78, 5) is 4.85. The molecule has 4 nitrogen and oxygen atoms in total. The highest BCUT2D eigenvalue weighted by Crippen LogP contribution is 2.59. The molecule has 1 aromatic carbocycles. The highest BCUT2D eigenvalue weighted by Gasteiger charge is 2.52. The van der Waals surface area contributed by atoms with Crippen LogP contribution in [0.25, 0.3) is 0 Å². The first-order valence-electron chi connectivity index (χ1n) is 14.7. The molecular weight excluding hydrogens is 547 g/mol. The van der Waals surface area contributed by atoms with Crippen LogP contribution in [0.15, 0.2) is 24.3 Å². The monoisotopic (exact) mass is 595 g/mol. The number of halogens is 3. The van der Waals surface area contributed by atoms with Crippen molar-refractivity contribution in [3.8, 4) is 0 Å². The van der Waals surface area contributed by atoms with Crippen molar-refractivity contribution in [2.24, 2.45) is 10.8 Å². The lowest BCUT2D eigenvalue weighted by molar-refractivity contribution is -0.137. The van der Waals surface area contributed by atoms with Crippen molar-refractivity contribution < 1.29 is 28.1 Å². The second-order valence-electron chi connectivity index (χ2n) is 13.6. The Kier molecular flexibility index (Phi) is 10.4. The molecule has 0 amide bonds. The number of nitrogens with zero attached hydrogens (tertiary/aromatic N) is 1. The highest BCUT2D eigenvalue weighted by atomic mass is 32.1. The number of aliphatic hydroxyl groups is 2. The van der Waals surface area contributed by atoms with E-state index in [1.807, 2.05) is 0 Å². The van der Waals surface area contributed by atoms with Crippen LogP contribution in [0.3, 0.4) is 0 Å². The summed E-state index contributed by atoms with van der Waals surface area (Å²) in [6, 6.07) is 5.05. The van der Waals surface area contributed by atoms with E-state index in [9.17, 15) is 23.4 Å². The van der Waals surface area contributed by atoms with Crippen molar-refractivity contribution in [2.45, 2.75) is 124 Å². The van der Waals surface area contributed by atoms with Crippen LogP contribution < -0.4 is 0 Å². The quantitative estimate of drug-likeness (QED) is 0.303. The van der Waals surface area contributed by atoms with Gasteiger partial charge in [-0.05, 0) is 73.0 Å². The van der Waals surface area contributed by atoms with Gasteiger partial charge >= 0.3 is 6.18 Å². The van der Waals surface area contributed by atoms with Crippen molar-refractivity contribution in [3.05, 3.63) is 63.5 Å². The predicted octanol–water partition coefficient (Wildman–Crippen LogP) is 9.04. The molecule has 0 saturated heterocycles. The van der Waals surface area contributed by atoms with E-state index in [1.165, 1.54) is 18.6 Å². The van der Waals surface area contributed by atoms with E-state index in [2.05, 4.69) is 54.2 Å². The number of alkyl halides is 3. The number of ether oxygens (including phenoxy) is 1. The van der Waals surface area contributed by atoms with Gasteiger partial charge in [0.15, 0.2) is 0 Å². The SMILES string of the molecule is CC(O)c1nc2c(c3c1C(c1ccc(C(F)(F)F)cc1)OC31CCCC1)C(O)CC(C)(C)C2.CCC(C)(C)C.CS. The lowest BCUT2D eigenvalue weighted by Crippen LogP contribution is -2.32. The van der Waals surface area contributed by atoms with E-state index in [0.29, 0.717) is 29.5 Å². The third-order valence-electron chi connectivity index (χ3n) is 8.58. The van der Waals surface area contributed by atoms with E-state index >= 15 is 0 Å². The number of rotatable bonds is 2. The first kappa shape index (κ1) is 33.9. The first-order chi connectivity index (χ1) is 19.0. The molecule has 0 bridgehead atoms. The summed E-state index contributed by atoms with van der Waals surface area (Å²) < 4.78 is 46.1. The number of aromatic nitrogens is 1. The molecule has 3 aliphatic rings. The molecule has 1 fully saturated rings. The molecule has 1 saturated carbocycles. The molecule has 3 unspecified atom stereocenters. The Morgan fingerprint density at radius 3 is 2.05 bits per heavy atom. The Morgan fingerprint density at radius 2 is 1.59 bits per heavy atom. The fraction of sp³-hybridized carbons (Fsp3) is 0.667. The van der Waals surface area contributed by atoms with Gasteiger partial charge in [-0.15, -0.1) is 0 Å². The largest absolute Gasteiger partial charge is 0.416 e. The van der Waals surface area contributed by atoms with Crippen LogP contribution in [0, 0.1) is 10.8 Å². The molecule has 3 atom stereocenters. The third-order valence-corrected chi connectivity index (χ3v) is 8.58. The van der Waals surface area contributed by atoms with Crippen molar-refractivity contribution >= 4 is 12.6 Å². The molecule has 8 heteroatoms. The molecule has 2 aliphatic carbocycles. The maximum Gasteiger partial charge on any atom is 0.416 e. The molecule has 1 aliphatic heterocycles. The average molecular weight is 596 g/mol. The Labute approximate surface area is 249 Å². The van der Waals surface area contributed by atoms with E-state index in [4.69, 9.17) is 9.72 Å². The van der Waals surface area contributed by atoms with Gasteiger partial charge in [0.25, 0.3) is 0 Å². The molecule has 0 radical (unpaired) electrons. The van der Waals surface area contributed by atoms with Crippen LogP contribution in [0.4, 0.5) is 13.2 Å². The molecule has 41 heavy (non-hydrogen) atoms. The van der Waals surface area contributed by atoms with Gasteiger partial charge in [0, 0.05) is 16.8 Å². The average Bonchev–Trinajstić information content (AvgIpc) is 3.48. The molecule has 2 aromatic rings. The van der Waals surface area contributed by atoms with E-state index in [1.54, 1.807) is 13.2 Å². The lowest BCUT2D eigenvalue weighted by Gasteiger charge is -2.38. The summed E-state index contributed by atoms with van der Waals surface area (Å²) in [7, 11) is 0. The van der Waals surface area contributed by atoms with Crippen LogP contribution in [0.2, 0.25) is 0 Å². The number of hydrogen-bond donors (Lipinski definition) is 3. The summed E-state index contributed by atoms with van der Waals surface area (Å²) >= 11 is 3.53. The van der Waals surface area contributed by atoms with Gasteiger partial charge in [0.1, 0.15) is 6.10 Å². The Hall–Kier alpha value is -1.61. The zero-order chi connectivity index (χ0) is 31.0. The van der Waals surface area contributed by atoms with Crippen LogP contribution in [-0.4, -0.2) is 21.5 Å². The minimum absolute atomic E-state index is 0.126. The Morgan fingerprint density at radius 1 is 1.05 bits per heavy atom. The van der Waals surface area contributed by atoms with Crippen molar-refractivity contribution in [1.29, 1.82) is 0 Å². The summed E-state index contributed by atoms with van der Waals surface area (Å²) in [5.41, 5.74) is 3.46. The van der Waals surface area contributed by atoms with Crippen LogP contribution >= 0.6 is 12.6 Å². The molecule has 230 valence electrons. The third kappa shape index (κ3) is 7.31. The Bertz CT molecular complexity index is 1180. The topological polar surface area (TPSA) is 62.6 Å². The van der Waals surface area contributed by atoms with Gasteiger partial charge in [-0.1, -0.05) is 72.9 Å². The molecule has 2 N–H and O–H groups in total. The number of aliphatic hydroxyl groups excluding tert-OH is 2. The summed E-state index contributed by atoms with van der Waals surface area (Å²) in [5.74, 6) is 0. The maximum atomic E-state index is 13.1. The number of fused-ring (bicyclic) bond motifs is 4. The van der Waals surface area contributed by atoms with Crippen LogP contribution in [-0.2, 0) is 22.9 Å². The fourth-order valence-electron chi connectivity index (χ4n) is 6.14. The van der Waals surface area contributed by atoms with Crippen molar-refractivity contribution in [3.63, 3.8) is 0 Å². The number of hydrogen-bond acceptors (Lipinski definition) is 5. The van der Waals surface area contributed by atoms with E-state index in [0.717, 1.165) is 60.2 Å². The number of thiol groups is 1. The first-order valence-corrected chi connectivity index (χ1v) is 15.6. The molecule has 1 aromatic heterocycles. The van der Waals surface area contributed by atoms with E-state index in [-0.39, 0.29) is 5.41 Å². The lowest BCUT2D eigenvalue weighted by atomic mass is 9.70. The highest BCUT2D eigenvalue weighted by molar-refractivity contribution is 7.79. The van der Waals surface area contributed by atoms with Crippen LogP contribution in [0.5, 0.6) is 0 Å². The summed E-state index contributed by atoms with van der Waals surface area (Å²) in [6.45, 7) is 14.8. The van der Waals surface area contributed by atoms with Gasteiger partial charge in [-0.25, -0.2) is 0 Å². The standard InChI is InChI=1S/C26H30F3NO3.C6H14.CH4S/c1-14(31)22-20-21(19-17(30-22)12-24(2,3)13-18(19)32)25(10-4-5-11-25)33-23(20)15-6-8-16(9-7-15)26(27,28)29;1-5-6(2,3)4;1-2/h6-9,14,18,23,31-32H,4-5,10-13H2,1-3H3;5H2,1-4H3;2H,1H3. The molecular formula is C33H48F3NO3S. The summed E-state index contributed by atoms with van der Waals surface area (Å²) in [5, 5.41) is 21.9. The molecule has 1 spiro atoms. The fourth-order valence-corrected chi connectivity index (χ4v) is 6.14. The van der Waals surface area contributed by atoms with Gasteiger partial charge < -0.3 is 14.9 Å². The van der Waals surface area contributed by atoms with Gasteiger partial charge in [-0.3, -0.25) is 4.98 Å². The van der Waals surface area contributed by atoms with Gasteiger partial charge in [0.2, 0.25) is 0 Å². The Balaban J connectivity index is 0.000000515. The second-order valence-corrected chi connectivity index (χ2v) is 13.6. The maximum absolute atomic E-state index is 13.1. The van der Waals surface area contributed by atoms with Crippen molar-refractivity contribution in [2.75, 3.05) is 6.26 Å². The number of pyridine rings is 1. The van der Waals surface area contributed by atoms with Gasteiger partial charge in [0.05, 0.1) is 29.1 Å². The minimum atomic E-state index is -4.41. The zero-order valence-electron chi connectivity index (χ0n) is 25.8. The minimum Gasteiger partial charge on any atom is -0.388 e.